The Bertz CT molecular complexity index is 233. The van der Waals surface area contributed by atoms with Crippen molar-refractivity contribution in [3.63, 3.8) is 0 Å². The molecule has 2 heteroatoms. The molecule has 1 aromatic rings. The molecule has 1 aromatic heterocycles. The molecule has 0 aliphatic heterocycles. The Morgan fingerprint density at radius 2 is 2.09 bits per heavy atom. The van der Waals surface area contributed by atoms with Crippen molar-refractivity contribution in [3.05, 3.63) is 23.9 Å². The molecule has 0 amide bonds. The molecule has 0 bridgehead atoms. The number of hydrogen-bond acceptors (Lipinski definition) is 2. The molecule has 0 aliphatic rings. The summed E-state index contributed by atoms with van der Waals surface area (Å²) in [6, 6.07) is 5.82. The fraction of sp³-hybridized carbons (Fsp3) is 0.444. The van der Waals surface area contributed by atoms with Crippen molar-refractivity contribution < 1.29 is 4.74 Å². The number of hydrogen-bond donors (Lipinski definition) is 0. The van der Waals surface area contributed by atoms with Gasteiger partial charge in [-0.3, -0.25) is 0 Å². The molecule has 0 fully saturated rings. The number of rotatable bonds is 2. The van der Waals surface area contributed by atoms with Gasteiger partial charge in [0.15, 0.2) is 0 Å². The number of aromatic nitrogens is 1. The molecule has 0 radical (unpaired) electrons. The van der Waals surface area contributed by atoms with Crippen LogP contribution in [0.15, 0.2) is 18.2 Å². The van der Waals surface area contributed by atoms with Gasteiger partial charge < -0.3 is 4.74 Å². The van der Waals surface area contributed by atoms with Crippen molar-refractivity contribution in [2.24, 2.45) is 0 Å². The van der Waals surface area contributed by atoms with Crippen LogP contribution in [-0.4, -0.2) is 12.1 Å². The van der Waals surface area contributed by atoms with Gasteiger partial charge in [0.05, 0.1) is 7.11 Å². The normalized spacial score (nSPS) is 10.2. The second-order valence-electron chi connectivity index (χ2n) is 2.76. The quantitative estimate of drug-likeness (QED) is 0.646. The molecular weight excluding hydrogens is 138 g/mol. The zero-order valence-electron chi connectivity index (χ0n) is 7.16. The summed E-state index contributed by atoms with van der Waals surface area (Å²) in [6.45, 7) is 4.23. The summed E-state index contributed by atoms with van der Waals surface area (Å²) in [4.78, 5) is 4.27. The lowest BCUT2D eigenvalue weighted by Gasteiger charge is -2.04. The first-order valence-corrected chi connectivity index (χ1v) is 3.75. The van der Waals surface area contributed by atoms with Gasteiger partial charge in [0.1, 0.15) is 0 Å². The molecule has 0 unspecified atom stereocenters. The van der Waals surface area contributed by atoms with E-state index in [1.807, 2.05) is 18.2 Å². The zero-order valence-corrected chi connectivity index (χ0v) is 7.16. The van der Waals surface area contributed by atoms with Gasteiger partial charge in [-0.2, -0.15) is 0 Å². The van der Waals surface area contributed by atoms with Gasteiger partial charge in [-0.1, -0.05) is 19.9 Å². The Morgan fingerprint density at radius 3 is 2.64 bits per heavy atom. The fourth-order valence-corrected chi connectivity index (χ4v) is 0.866. The van der Waals surface area contributed by atoms with Crippen LogP contribution in [0.2, 0.25) is 0 Å². The monoisotopic (exact) mass is 151 g/mol. The zero-order chi connectivity index (χ0) is 8.27. The molecule has 0 saturated carbocycles. The highest BCUT2D eigenvalue weighted by Gasteiger charge is 2.00. The van der Waals surface area contributed by atoms with Gasteiger partial charge in [-0.05, 0) is 12.0 Å². The predicted molar refractivity (Wildman–Crippen MR) is 44.9 cm³/mol. The van der Waals surface area contributed by atoms with Crippen LogP contribution in [0.1, 0.15) is 25.5 Å². The summed E-state index contributed by atoms with van der Waals surface area (Å²) in [5.74, 6) is 1.15. The molecule has 0 saturated heterocycles. The van der Waals surface area contributed by atoms with E-state index in [1.54, 1.807) is 7.11 Å². The number of pyridine rings is 1. The van der Waals surface area contributed by atoms with E-state index in [9.17, 15) is 0 Å². The van der Waals surface area contributed by atoms with Crippen LogP contribution < -0.4 is 4.74 Å². The van der Waals surface area contributed by atoms with E-state index in [2.05, 4.69) is 18.8 Å². The van der Waals surface area contributed by atoms with Crippen LogP contribution >= 0.6 is 0 Å². The molecule has 0 aromatic carbocycles. The topological polar surface area (TPSA) is 22.1 Å². The summed E-state index contributed by atoms with van der Waals surface area (Å²) in [6.07, 6.45) is 0. The van der Waals surface area contributed by atoms with Crippen LogP contribution in [0.4, 0.5) is 0 Å². The lowest BCUT2D eigenvalue weighted by molar-refractivity contribution is 0.395. The summed E-state index contributed by atoms with van der Waals surface area (Å²) < 4.78 is 4.99. The van der Waals surface area contributed by atoms with E-state index in [0.717, 1.165) is 5.69 Å². The molecular formula is C9H13NO. The SMILES string of the molecule is COc1cccc(C(C)C)n1. The van der Waals surface area contributed by atoms with Gasteiger partial charge >= 0.3 is 0 Å². The Balaban J connectivity index is 2.91. The minimum atomic E-state index is 0.463. The van der Waals surface area contributed by atoms with E-state index >= 15 is 0 Å². The molecule has 0 atom stereocenters. The van der Waals surface area contributed by atoms with Crippen molar-refractivity contribution in [1.82, 2.24) is 4.98 Å². The molecule has 0 N–H and O–H groups in total. The van der Waals surface area contributed by atoms with Gasteiger partial charge in [0.2, 0.25) is 5.88 Å². The van der Waals surface area contributed by atoms with Gasteiger partial charge in [-0.15, -0.1) is 0 Å². The summed E-state index contributed by atoms with van der Waals surface area (Å²) in [5.41, 5.74) is 1.07. The third-order valence-corrected chi connectivity index (χ3v) is 1.55. The van der Waals surface area contributed by atoms with E-state index in [-0.39, 0.29) is 0 Å². The van der Waals surface area contributed by atoms with Gasteiger partial charge in [0.25, 0.3) is 0 Å². The molecule has 11 heavy (non-hydrogen) atoms. The highest BCUT2D eigenvalue weighted by molar-refractivity contribution is 5.17. The Labute approximate surface area is 67.2 Å². The first-order valence-electron chi connectivity index (χ1n) is 3.75. The Hall–Kier alpha value is -1.05. The minimum Gasteiger partial charge on any atom is -0.481 e. The minimum absolute atomic E-state index is 0.463. The van der Waals surface area contributed by atoms with Crippen molar-refractivity contribution in [2.45, 2.75) is 19.8 Å². The van der Waals surface area contributed by atoms with Crippen molar-refractivity contribution in [1.29, 1.82) is 0 Å². The maximum absolute atomic E-state index is 4.99. The van der Waals surface area contributed by atoms with Crippen LogP contribution in [0.5, 0.6) is 5.88 Å². The average molecular weight is 151 g/mol. The number of ether oxygens (including phenoxy) is 1. The maximum atomic E-state index is 4.99. The highest BCUT2D eigenvalue weighted by Crippen LogP contribution is 2.14. The lowest BCUT2D eigenvalue weighted by atomic mass is 10.1. The molecule has 0 spiro atoms. The molecule has 60 valence electrons. The second kappa shape index (κ2) is 3.37. The average Bonchev–Trinajstić information content (AvgIpc) is 2.05. The smallest absolute Gasteiger partial charge is 0.213 e. The fourth-order valence-electron chi connectivity index (χ4n) is 0.866. The number of methoxy groups -OCH3 is 1. The third kappa shape index (κ3) is 1.93. The van der Waals surface area contributed by atoms with Gasteiger partial charge in [0, 0.05) is 11.8 Å². The van der Waals surface area contributed by atoms with Gasteiger partial charge in [-0.25, -0.2) is 4.98 Å². The Kier molecular flexibility index (Phi) is 2.47. The largest absolute Gasteiger partial charge is 0.481 e. The van der Waals surface area contributed by atoms with Crippen LogP contribution in [0.25, 0.3) is 0 Å². The molecule has 2 nitrogen and oxygen atoms in total. The second-order valence-corrected chi connectivity index (χ2v) is 2.76. The van der Waals surface area contributed by atoms with Crippen molar-refractivity contribution in [3.8, 4) is 5.88 Å². The first-order chi connectivity index (χ1) is 5.24. The van der Waals surface area contributed by atoms with Crippen molar-refractivity contribution >= 4 is 0 Å². The Morgan fingerprint density at radius 1 is 1.36 bits per heavy atom. The summed E-state index contributed by atoms with van der Waals surface area (Å²) in [7, 11) is 1.63. The van der Waals surface area contributed by atoms with Crippen LogP contribution in [-0.2, 0) is 0 Å². The van der Waals surface area contributed by atoms with Crippen LogP contribution in [0.3, 0.4) is 0 Å². The lowest BCUT2D eigenvalue weighted by Crippen LogP contribution is -1.94. The van der Waals surface area contributed by atoms with Crippen LogP contribution in [0, 0.1) is 0 Å². The number of nitrogens with zero attached hydrogens (tertiary/aromatic N) is 1. The molecule has 1 heterocycles. The standard InChI is InChI=1S/C9H13NO/c1-7(2)8-5-4-6-9(10-8)11-3/h4-7H,1-3H3. The van der Waals surface area contributed by atoms with Crippen molar-refractivity contribution in [2.75, 3.05) is 7.11 Å². The predicted octanol–water partition coefficient (Wildman–Crippen LogP) is 2.21. The first kappa shape index (κ1) is 8.05. The molecule has 0 aliphatic carbocycles. The third-order valence-electron chi connectivity index (χ3n) is 1.55. The summed E-state index contributed by atoms with van der Waals surface area (Å²) in [5, 5.41) is 0. The van der Waals surface area contributed by atoms with E-state index in [0.29, 0.717) is 11.8 Å². The summed E-state index contributed by atoms with van der Waals surface area (Å²) >= 11 is 0. The van der Waals surface area contributed by atoms with E-state index in [4.69, 9.17) is 4.74 Å². The highest BCUT2D eigenvalue weighted by atomic mass is 16.5. The molecule has 1 rings (SSSR count). The maximum Gasteiger partial charge on any atom is 0.213 e. The van der Waals surface area contributed by atoms with E-state index < -0.39 is 0 Å². The van der Waals surface area contributed by atoms with E-state index in [1.165, 1.54) is 0 Å².